The Kier molecular flexibility index (Phi) is 7.07. The average Bonchev–Trinajstić information content (AvgIpc) is 3.54. The van der Waals surface area contributed by atoms with Gasteiger partial charge in [0.1, 0.15) is 5.82 Å². The van der Waals surface area contributed by atoms with E-state index in [0.717, 1.165) is 28.3 Å². The van der Waals surface area contributed by atoms with Gasteiger partial charge in [0.2, 0.25) is 5.91 Å². The number of rotatable bonds is 8. The molecule has 0 aliphatic rings. The van der Waals surface area contributed by atoms with Crippen molar-refractivity contribution in [3.63, 3.8) is 0 Å². The summed E-state index contributed by atoms with van der Waals surface area (Å²) in [5.41, 5.74) is 5.03. The van der Waals surface area contributed by atoms with E-state index >= 15 is 0 Å². The number of nitrogens with one attached hydrogen (secondary N) is 1. The third-order valence-corrected chi connectivity index (χ3v) is 7.33. The molecule has 1 amide bonds. The van der Waals surface area contributed by atoms with Gasteiger partial charge in [0, 0.05) is 28.2 Å². The number of nitrogens with zero attached hydrogens (tertiary/aromatic N) is 3. The number of anilines is 1. The van der Waals surface area contributed by atoms with Crippen molar-refractivity contribution < 1.29 is 4.79 Å². The number of carbonyl (C=O) groups excluding carboxylic acids is 1. The van der Waals surface area contributed by atoms with Crippen LogP contribution in [0.5, 0.6) is 0 Å². The third kappa shape index (κ3) is 5.53. The summed E-state index contributed by atoms with van der Waals surface area (Å²) >= 11 is 3.09. The zero-order valence-electron chi connectivity index (χ0n) is 19.2. The third-order valence-electron chi connectivity index (χ3n) is 5.52. The Morgan fingerprint density at radius 3 is 2.46 bits per heavy atom. The van der Waals surface area contributed by atoms with Crippen LogP contribution in [0.3, 0.4) is 0 Å². The van der Waals surface area contributed by atoms with Gasteiger partial charge in [-0.2, -0.15) is 0 Å². The van der Waals surface area contributed by atoms with E-state index in [9.17, 15) is 4.79 Å². The van der Waals surface area contributed by atoms with Gasteiger partial charge in [0.05, 0.1) is 5.75 Å². The largest absolute Gasteiger partial charge is 0.325 e. The van der Waals surface area contributed by atoms with Crippen molar-refractivity contribution in [2.45, 2.75) is 18.5 Å². The molecule has 35 heavy (non-hydrogen) atoms. The Bertz CT molecular complexity index is 1410. The summed E-state index contributed by atoms with van der Waals surface area (Å²) in [5, 5.41) is 14.8. The van der Waals surface area contributed by atoms with Crippen molar-refractivity contribution >= 4 is 34.7 Å². The van der Waals surface area contributed by atoms with Crippen molar-refractivity contribution in [1.82, 2.24) is 14.8 Å². The van der Waals surface area contributed by atoms with E-state index in [4.69, 9.17) is 0 Å². The first-order chi connectivity index (χ1) is 17.2. The molecule has 0 unspecified atom stereocenters. The zero-order valence-corrected chi connectivity index (χ0v) is 20.9. The Hall–Kier alpha value is -3.68. The van der Waals surface area contributed by atoms with Crippen molar-refractivity contribution in [3.8, 4) is 16.8 Å². The van der Waals surface area contributed by atoms with Crippen LogP contribution in [0.1, 0.15) is 16.3 Å². The molecular formula is C28H24N4OS2. The van der Waals surface area contributed by atoms with Gasteiger partial charge in [0.25, 0.3) is 0 Å². The van der Waals surface area contributed by atoms with Crippen LogP contribution in [0, 0.1) is 6.92 Å². The van der Waals surface area contributed by atoms with Crippen LogP contribution in [-0.2, 0) is 11.2 Å². The van der Waals surface area contributed by atoms with Crippen LogP contribution >= 0.6 is 23.1 Å². The number of aryl methyl sites for hydroxylation is 1. The quantitative estimate of drug-likeness (QED) is 0.245. The van der Waals surface area contributed by atoms with Crippen LogP contribution in [-0.4, -0.2) is 26.4 Å². The van der Waals surface area contributed by atoms with E-state index in [1.54, 1.807) is 11.3 Å². The van der Waals surface area contributed by atoms with E-state index in [1.165, 1.54) is 22.2 Å². The molecule has 0 aliphatic carbocycles. The molecular weight excluding hydrogens is 472 g/mol. The highest BCUT2D eigenvalue weighted by Gasteiger charge is 2.17. The first kappa shape index (κ1) is 23.1. The summed E-state index contributed by atoms with van der Waals surface area (Å²) in [6.45, 7) is 2.07. The molecule has 0 fully saturated rings. The highest BCUT2D eigenvalue weighted by Crippen LogP contribution is 2.29. The number of para-hydroxylation sites is 1. The van der Waals surface area contributed by atoms with Crippen LogP contribution < -0.4 is 5.32 Å². The molecule has 174 valence electrons. The summed E-state index contributed by atoms with van der Waals surface area (Å²) in [5.74, 6) is 0.997. The molecule has 0 spiro atoms. The van der Waals surface area contributed by atoms with E-state index in [1.807, 2.05) is 60.7 Å². The topological polar surface area (TPSA) is 59.8 Å². The van der Waals surface area contributed by atoms with E-state index < -0.39 is 0 Å². The normalized spacial score (nSPS) is 10.9. The average molecular weight is 497 g/mol. The molecule has 1 N–H and O–H groups in total. The van der Waals surface area contributed by atoms with Crippen LogP contribution in [0.25, 0.3) is 16.8 Å². The second-order valence-corrected chi connectivity index (χ2v) is 10.0. The predicted octanol–water partition coefficient (Wildman–Crippen LogP) is 6.63. The maximum Gasteiger partial charge on any atom is 0.234 e. The standard InChI is InChI=1S/C28H24N4OS2/c1-20-13-15-22(16-14-20)32-26(18-23-10-7-17-34-23)30-31-28(32)35-19-27(33)29-25-12-6-5-11-24(25)21-8-3-2-4-9-21/h2-17H,18-19H2,1H3,(H,29,33). The van der Waals surface area contributed by atoms with E-state index in [2.05, 4.69) is 62.7 Å². The molecule has 3 aromatic carbocycles. The number of carbonyl (C=O) groups is 1. The number of thiophene rings is 1. The summed E-state index contributed by atoms with van der Waals surface area (Å²) in [6, 6.07) is 30.3. The molecule has 0 radical (unpaired) electrons. The van der Waals surface area contributed by atoms with Gasteiger partial charge < -0.3 is 5.32 Å². The Labute approximate surface area is 212 Å². The molecule has 5 rings (SSSR count). The Balaban J connectivity index is 1.35. The van der Waals surface area contributed by atoms with Gasteiger partial charge >= 0.3 is 0 Å². The van der Waals surface area contributed by atoms with Crippen LogP contribution in [0.15, 0.2) is 102 Å². The minimum absolute atomic E-state index is 0.0864. The molecule has 2 aromatic heterocycles. The molecule has 7 heteroatoms. The highest BCUT2D eigenvalue weighted by atomic mass is 32.2. The lowest BCUT2D eigenvalue weighted by Crippen LogP contribution is -2.15. The lowest BCUT2D eigenvalue weighted by molar-refractivity contribution is -0.113. The summed E-state index contributed by atoms with van der Waals surface area (Å²) in [6.07, 6.45) is 0.690. The molecule has 5 aromatic rings. The fraction of sp³-hybridized carbons (Fsp3) is 0.107. The first-order valence-corrected chi connectivity index (χ1v) is 13.1. The SMILES string of the molecule is Cc1ccc(-n2c(Cc3cccs3)nnc2SCC(=O)Nc2ccccc2-c2ccccc2)cc1. The second kappa shape index (κ2) is 10.7. The number of aromatic nitrogens is 3. The predicted molar refractivity (Wildman–Crippen MR) is 144 cm³/mol. The van der Waals surface area contributed by atoms with Gasteiger partial charge in [-0.25, -0.2) is 0 Å². The van der Waals surface area contributed by atoms with Crippen molar-refractivity contribution in [2.75, 3.05) is 11.1 Å². The summed E-state index contributed by atoms with van der Waals surface area (Å²) in [4.78, 5) is 14.2. The number of thioether (sulfide) groups is 1. The lowest BCUT2D eigenvalue weighted by atomic mass is 10.0. The molecule has 0 aliphatic heterocycles. The lowest BCUT2D eigenvalue weighted by Gasteiger charge is -2.12. The number of amides is 1. The minimum atomic E-state index is -0.0864. The van der Waals surface area contributed by atoms with Crippen molar-refractivity contribution in [3.05, 3.63) is 113 Å². The second-order valence-electron chi connectivity index (χ2n) is 8.07. The van der Waals surface area contributed by atoms with Gasteiger partial charge in [-0.1, -0.05) is 84.1 Å². The van der Waals surface area contributed by atoms with Crippen LogP contribution in [0.2, 0.25) is 0 Å². The smallest absolute Gasteiger partial charge is 0.234 e. The fourth-order valence-electron chi connectivity index (χ4n) is 3.81. The Morgan fingerprint density at radius 1 is 0.914 bits per heavy atom. The van der Waals surface area contributed by atoms with E-state index in [-0.39, 0.29) is 11.7 Å². The molecule has 0 bridgehead atoms. The maximum atomic E-state index is 12.9. The Morgan fingerprint density at radius 2 is 1.69 bits per heavy atom. The minimum Gasteiger partial charge on any atom is -0.325 e. The monoisotopic (exact) mass is 496 g/mol. The van der Waals surface area contributed by atoms with Gasteiger partial charge in [-0.3, -0.25) is 9.36 Å². The van der Waals surface area contributed by atoms with Gasteiger partial charge in [-0.05, 0) is 42.1 Å². The van der Waals surface area contributed by atoms with E-state index in [0.29, 0.717) is 11.6 Å². The fourth-order valence-corrected chi connectivity index (χ4v) is 5.28. The summed E-state index contributed by atoms with van der Waals surface area (Å²) < 4.78 is 2.05. The maximum absolute atomic E-state index is 12.9. The zero-order chi connectivity index (χ0) is 24.0. The molecule has 5 nitrogen and oxygen atoms in total. The summed E-state index contributed by atoms with van der Waals surface area (Å²) in [7, 11) is 0. The van der Waals surface area contributed by atoms with Gasteiger partial charge in [-0.15, -0.1) is 21.5 Å². The number of hydrogen-bond acceptors (Lipinski definition) is 5. The highest BCUT2D eigenvalue weighted by molar-refractivity contribution is 7.99. The van der Waals surface area contributed by atoms with Crippen molar-refractivity contribution in [1.29, 1.82) is 0 Å². The number of hydrogen-bond donors (Lipinski definition) is 1. The molecule has 0 saturated heterocycles. The van der Waals surface area contributed by atoms with Crippen molar-refractivity contribution in [2.24, 2.45) is 0 Å². The molecule has 0 atom stereocenters. The van der Waals surface area contributed by atoms with Crippen LogP contribution in [0.4, 0.5) is 5.69 Å². The molecule has 2 heterocycles. The number of benzene rings is 3. The molecule has 0 saturated carbocycles. The first-order valence-electron chi connectivity index (χ1n) is 11.3. The van der Waals surface area contributed by atoms with Gasteiger partial charge in [0.15, 0.2) is 5.16 Å².